The number of fused-ring (bicyclic) bond motifs is 2. The van der Waals surface area contributed by atoms with Gasteiger partial charge in [-0.25, -0.2) is 4.68 Å². The highest BCUT2D eigenvalue weighted by Gasteiger charge is 2.36. The van der Waals surface area contributed by atoms with Crippen LogP contribution in [0.2, 0.25) is 5.02 Å². The maximum absolute atomic E-state index is 14.1. The van der Waals surface area contributed by atoms with E-state index >= 15 is 0 Å². The molecular formula is C31H30ClN5O3. The van der Waals surface area contributed by atoms with E-state index in [1.807, 2.05) is 42.5 Å². The van der Waals surface area contributed by atoms with Gasteiger partial charge in [0.05, 0.1) is 18.3 Å². The molecule has 1 atom stereocenters. The van der Waals surface area contributed by atoms with Crippen molar-refractivity contribution in [2.24, 2.45) is 0 Å². The molecule has 0 spiro atoms. The number of nitrogens with one attached hydrogen (secondary N) is 1. The third-order valence-electron chi connectivity index (χ3n) is 7.68. The second-order valence-electron chi connectivity index (χ2n) is 10.3. The fraction of sp³-hybridized carbons (Fsp3) is 0.258. The summed E-state index contributed by atoms with van der Waals surface area (Å²) >= 11 is 6.30. The van der Waals surface area contributed by atoms with E-state index in [1.165, 1.54) is 15.8 Å². The fourth-order valence-electron chi connectivity index (χ4n) is 5.58. The van der Waals surface area contributed by atoms with Crippen LogP contribution in [0.3, 0.4) is 0 Å². The monoisotopic (exact) mass is 555 g/mol. The molecule has 0 radical (unpaired) electrons. The van der Waals surface area contributed by atoms with E-state index in [4.69, 9.17) is 11.6 Å². The molecule has 2 amide bonds. The number of rotatable bonds is 6. The van der Waals surface area contributed by atoms with Gasteiger partial charge in [-0.15, -0.1) is 0 Å². The predicted molar refractivity (Wildman–Crippen MR) is 154 cm³/mol. The van der Waals surface area contributed by atoms with Gasteiger partial charge in [-0.3, -0.25) is 9.59 Å². The zero-order valence-corrected chi connectivity index (χ0v) is 22.9. The second kappa shape index (κ2) is 10.9. The van der Waals surface area contributed by atoms with Gasteiger partial charge in [-0.05, 0) is 66.9 Å². The quantitative estimate of drug-likeness (QED) is 0.372. The number of carbonyl (C=O) groups is 2. The molecule has 6 rings (SSSR count). The van der Waals surface area contributed by atoms with Crippen molar-refractivity contribution in [2.75, 3.05) is 31.6 Å². The lowest BCUT2D eigenvalue weighted by Gasteiger charge is -2.30. The number of aliphatic hydroxyl groups excluding tert-OH is 1. The molecule has 0 unspecified atom stereocenters. The van der Waals surface area contributed by atoms with Crippen LogP contribution >= 0.6 is 11.6 Å². The van der Waals surface area contributed by atoms with Gasteiger partial charge in [0.1, 0.15) is 5.69 Å². The number of anilines is 1. The maximum Gasteiger partial charge on any atom is 0.277 e. The van der Waals surface area contributed by atoms with Crippen LogP contribution in [0.1, 0.15) is 49.3 Å². The van der Waals surface area contributed by atoms with Crippen molar-refractivity contribution < 1.29 is 14.7 Å². The van der Waals surface area contributed by atoms with Gasteiger partial charge in [-0.1, -0.05) is 54.1 Å². The Morgan fingerprint density at radius 1 is 1.00 bits per heavy atom. The Morgan fingerprint density at radius 2 is 1.82 bits per heavy atom. The van der Waals surface area contributed by atoms with Crippen molar-refractivity contribution in [2.45, 2.75) is 25.4 Å². The minimum absolute atomic E-state index is 0.171. The van der Waals surface area contributed by atoms with E-state index in [1.54, 1.807) is 23.1 Å². The molecule has 3 aromatic carbocycles. The first kappa shape index (κ1) is 26.3. The minimum atomic E-state index is -0.606. The second-order valence-corrected chi connectivity index (χ2v) is 10.8. The molecule has 4 aromatic rings. The number of likely N-dealkylation sites (N-methyl/N-ethyl adjacent to an activating group) is 1. The Hall–Kier alpha value is -3.98. The lowest BCUT2D eigenvalue weighted by molar-refractivity contribution is 0.0909. The first-order valence-corrected chi connectivity index (χ1v) is 13.8. The average molecular weight is 556 g/mol. The Kier molecular flexibility index (Phi) is 7.14. The van der Waals surface area contributed by atoms with Gasteiger partial charge in [0.15, 0.2) is 5.69 Å². The van der Waals surface area contributed by atoms with E-state index in [0.29, 0.717) is 34.9 Å². The lowest BCUT2D eigenvalue weighted by Crippen LogP contribution is -2.39. The third kappa shape index (κ3) is 4.90. The zero-order valence-electron chi connectivity index (χ0n) is 22.2. The number of halogens is 1. The molecule has 40 heavy (non-hydrogen) atoms. The van der Waals surface area contributed by atoms with Crippen LogP contribution in [-0.4, -0.2) is 58.3 Å². The third-order valence-corrected chi connectivity index (χ3v) is 7.91. The highest BCUT2D eigenvalue weighted by Crippen LogP contribution is 2.32. The fourth-order valence-corrected chi connectivity index (χ4v) is 5.77. The number of nitrogens with zero attached hydrogens (tertiary/aromatic N) is 4. The molecular weight excluding hydrogens is 526 g/mol. The zero-order chi connectivity index (χ0) is 27.8. The van der Waals surface area contributed by atoms with Crippen molar-refractivity contribution in [1.82, 2.24) is 20.0 Å². The van der Waals surface area contributed by atoms with Crippen molar-refractivity contribution in [3.05, 3.63) is 111 Å². The number of benzene rings is 3. The van der Waals surface area contributed by atoms with Crippen molar-refractivity contribution in [3.8, 4) is 5.69 Å². The molecule has 2 N–H and O–H groups in total. The lowest BCUT2D eigenvalue weighted by atomic mass is 9.97. The molecule has 204 valence electrons. The summed E-state index contributed by atoms with van der Waals surface area (Å²) in [6, 6.07) is 22.0. The number of aromatic nitrogens is 2. The maximum atomic E-state index is 14.1. The molecule has 0 saturated heterocycles. The molecule has 0 bridgehead atoms. The molecule has 1 aromatic heterocycles. The standard InChI is InChI=1S/C31H30ClN5O3/c1-35-14-12-20-10-11-24(16-22(20)18-35)36-15-13-26-28(30(39)33-27(19-38)21-6-3-2-4-7-21)34-37(29(26)31(36)40)25-9-5-8-23(32)17-25/h2-11,16-17,27,38H,12-15,18-19H2,1H3,(H,33,39)/t27-/m1/s1. The van der Waals surface area contributed by atoms with Crippen LogP contribution in [0.4, 0.5) is 5.69 Å². The predicted octanol–water partition coefficient (Wildman–Crippen LogP) is 4.18. The summed E-state index contributed by atoms with van der Waals surface area (Å²) in [7, 11) is 2.10. The van der Waals surface area contributed by atoms with Gasteiger partial charge < -0.3 is 20.2 Å². The van der Waals surface area contributed by atoms with E-state index in [0.717, 1.165) is 30.8 Å². The van der Waals surface area contributed by atoms with Crippen molar-refractivity contribution in [1.29, 1.82) is 0 Å². The minimum Gasteiger partial charge on any atom is -0.394 e. The molecule has 8 nitrogen and oxygen atoms in total. The van der Waals surface area contributed by atoms with E-state index in [-0.39, 0.29) is 18.2 Å². The highest BCUT2D eigenvalue weighted by molar-refractivity contribution is 6.30. The summed E-state index contributed by atoms with van der Waals surface area (Å²) in [4.78, 5) is 31.7. The van der Waals surface area contributed by atoms with E-state index < -0.39 is 11.9 Å². The Morgan fingerprint density at radius 3 is 2.60 bits per heavy atom. The van der Waals surface area contributed by atoms with Gasteiger partial charge in [-0.2, -0.15) is 5.10 Å². The van der Waals surface area contributed by atoms with Crippen LogP contribution in [0.25, 0.3) is 5.69 Å². The van der Waals surface area contributed by atoms with Crippen LogP contribution in [-0.2, 0) is 19.4 Å². The van der Waals surface area contributed by atoms with E-state index in [9.17, 15) is 14.7 Å². The van der Waals surface area contributed by atoms with Gasteiger partial charge >= 0.3 is 0 Å². The topological polar surface area (TPSA) is 90.7 Å². The smallest absolute Gasteiger partial charge is 0.277 e. The summed E-state index contributed by atoms with van der Waals surface area (Å²) in [5.41, 5.74) is 5.84. The van der Waals surface area contributed by atoms with Gasteiger partial charge in [0.25, 0.3) is 11.8 Å². The molecule has 2 aliphatic heterocycles. The van der Waals surface area contributed by atoms with Crippen LogP contribution < -0.4 is 10.2 Å². The van der Waals surface area contributed by atoms with Gasteiger partial charge in [0.2, 0.25) is 0 Å². The first-order valence-electron chi connectivity index (χ1n) is 13.4. The summed E-state index contributed by atoms with van der Waals surface area (Å²) < 4.78 is 1.52. The van der Waals surface area contributed by atoms with Crippen molar-refractivity contribution in [3.63, 3.8) is 0 Å². The summed E-state index contributed by atoms with van der Waals surface area (Å²) in [5, 5.41) is 18.1. The Balaban J connectivity index is 1.39. The number of hydrogen-bond acceptors (Lipinski definition) is 5. The molecule has 9 heteroatoms. The molecule has 0 saturated carbocycles. The Labute approximate surface area is 237 Å². The summed E-state index contributed by atoms with van der Waals surface area (Å²) in [6.45, 7) is 2.01. The largest absolute Gasteiger partial charge is 0.394 e. The average Bonchev–Trinajstić information content (AvgIpc) is 3.37. The van der Waals surface area contributed by atoms with Crippen LogP contribution in [0.5, 0.6) is 0 Å². The van der Waals surface area contributed by atoms with Crippen molar-refractivity contribution >= 4 is 29.1 Å². The van der Waals surface area contributed by atoms with Crippen LogP contribution in [0, 0.1) is 0 Å². The summed E-state index contributed by atoms with van der Waals surface area (Å²) in [5.74, 6) is -0.670. The molecule has 0 fully saturated rings. The number of aliphatic hydroxyl groups is 1. The number of amides is 2. The normalized spacial score (nSPS) is 15.9. The molecule has 3 heterocycles. The number of hydrogen-bond donors (Lipinski definition) is 2. The summed E-state index contributed by atoms with van der Waals surface area (Å²) in [6.07, 6.45) is 1.44. The molecule has 2 aliphatic rings. The Bertz CT molecular complexity index is 1590. The first-order chi connectivity index (χ1) is 19.4. The SMILES string of the molecule is CN1CCc2ccc(N3CCc4c(C(=O)N[C@H](CO)c5ccccc5)nn(-c5cccc(Cl)c5)c4C3=O)cc2C1. The molecule has 0 aliphatic carbocycles. The number of carbonyl (C=O) groups excluding carboxylic acids is 2. The van der Waals surface area contributed by atoms with E-state index in [2.05, 4.69) is 34.5 Å². The van der Waals surface area contributed by atoms with Gasteiger partial charge in [0, 0.05) is 35.9 Å². The van der Waals surface area contributed by atoms with Crippen LogP contribution in [0.15, 0.2) is 72.8 Å². The highest BCUT2D eigenvalue weighted by atomic mass is 35.5.